The van der Waals surface area contributed by atoms with Gasteiger partial charge in [-0.2, -0.15) is 4.98 Å². The Bertz CT molecular complexity index is 1460. The number of fused-ring (bicyclic) bond motifs is 6. The predicted molar refractivity (Wildman–Crippen MR) is 152 cm³/mol. The summed E-state index contributed by atoms with van der Waals surface area (Å²) in [4.78, 5) is 33.9. The van der Waals surface area contributed by atoms with E-state index >= 15 is 0 Å². The van der Waals surface area contributed by atoms with E-state index in [9.17, 15) is 9.59 Å². The van der Waals surface area contributed by atoms with Crippen LogP contribution in [0.1, 0.15) is 36.0 Å². The molecule has 192 valence electrons. The Kier molecular flexibility index (Phi) is 7.95. The summed E-state index contributed by atoms with van der Waals surface area (Å²) in [7, 11) is 0. The second-order valence-electron chi connectivity index (χ2n) is 9.32. The van der Waals surface area contributed by atoms with Crippen molar-refractivity contribution < 1.29 is 9.59 Å². The molecule has 0 fully saturated rings. The lowest BCUT2D eigenvalue weighted by Gasteiger charge is -2.15. The molecular weight excluding hydrogens is 498 g/mol. The maximum Gasteiger partial charge on any atom is 0.229 e. The first kappa shape index (κ1) is 25.4. The molecule has 38 heavy (non-hydrogen) atoms. The summed E-state index contributed by atoms with van der Waals surface area (Å²) in [6.45, 7) is 0. The highest BCUT2D eigenvalue weighted by molar-refractivity contribution is 6.32. The van der Waals surface area contributed by atoms with Crippen molar-refractivity contribution in [2.75, 3.05) is 16.0 Å². The Labute approximate surface area is 226 Å². The van der Waals surface area contributed by atoms with Gasteiger partial charge < -0.3 is 16.0 Å². The van der Waals surface area contributed by atoms with Crippen LogP contribution in [0.15, 0.2) is 79.0 Å². The molecule has 2 heterocycles. The minimum Gasteiger partial charge on any atom is -0.339 e. The standard InChI is InChI=1S/C30H28ClN5O2/c31-26-19-32-30-34-23-9-4-8-21(16-23)12-13-22-18-24(33-29(26)36-30)14-15-27(22)35-28(38)11-5-10-25(37)17-20-6-2-1-3-7-20/h1-4,6-9,14-16,18-19H,5,10-13,17H2,(H,35,38)(H2,32,33,34,36). The van der Waals surface area contributed by atoms with Gasteiger partial charge in [-0.05, 0) is 66.3 Å². The van der Waals surface area contributed by atoms with Crippen molar-refractivity contribution in [2.24, 2.45) is 0 Å². The fraction of sp³-hybridized carbons (Fsp3) is 0.200. The summed E-state index contributed by atoms with van der Waals surface area (Å²) < 4.78 is 0. The van der Waals surface area contributed by atoms with Gasteiger partial charge in [0.15, 0.2) is 5.82 Å². The highest BCUT2D eigenvalue weighted by Crippen LogP contribution is 2.29. The van der Waals surface area contributed by atoms with E-state index in [0.717, 1.165) is 46.6 Å². The van der Waals surface area contributed by atoms with Crippen LogP contribution in [0.3, 0.4) is 0 Å². The number of ketones is 1. The summed E-state index contributed by atoms with van der Waals surface area (Å²) in [5.74, 6) is 0.968. The monoisotopic (exact) mass is 525 g/mol. The molecule has 7 nitrogen and oxygen atoms in total. The van der Waals surface area contributed by atoms with Crippen LogP contribution in [0.4, 0.5) is 28.8 Å². The van der Waals surface area contributed by atoms with Gasteiger partial charge in [0.2, 0.25) is 11.9 Å². The molecule has 1 amide bonds. The van der Waals surface area contributed by atoms with Crippen molar-refractivity contribution in [3.05, 3.63) is 101 Å². The molecule has 3 aromatic carbocycles. The van der Waals surface area contributed by atoms with Gasteiger partial charge in [-0.15, -0.1) is 0 Å². The highest BCUT2D eigenvalue weighted by atomic mass is 35.5. The van der Waals surface area contributed by atoms with E-state index in [1.807, 2.05) is 60.7 Å². The Hall–Kier alpha value is -4.23. The van der Waals surface area contributed by atoms with Crippen molar-refractivity contribution in [3.63, 3.8) is 0 Å². The van der Waals surface area contributed by atoms with Gasteiger partial charge in [-0.1, -0.05) is 54.1 Å². The zero-order valence-electron chi connectivity index (χ0n) is 20.8. The number of nitrogens with one attached hydrogen (secondary N) is 3. The topological polar surface area (TPSA) is 96.0 Å². The van der Waals surface area contributed by atoms with Crippen molar-refractivity contribution in [1.82, 2.24) is 9.97 Å². The van der Waals surface area contributed by atoms with Gasteiger partial charge in [0, 0.05) is 36.3 Å². The Morgan fingerprint density at radius 1 is 0.895 bits per heavy atom. The number of hydrogen-bond donors (Lipinski definition) is 3. The summed E-state index contributed by atoms with van der Waals surface area (Å²) in [6.07, 6.45) is 4.65. The van der Waals surface area contributed by atoms with Crippen LogP contribution < -0.4 is 16.0 Å². The predicted octanol–water partition coefficient (Wildman–Crippen LogP) is 6.64. The van der Waals surface area contributed by atoms with Gasteiger partial charge >= 0.3 is 0 Å². The van der Waals surface area contributed by atoms with Crippen LogP contribution >= 0.6 is 11.6 Å². The first-order chi connectivity index (χ1) is 18.5. The third-order valence-corrected chi connectivity index (χ3v) is 6.63. The molecule has 0 radical (unpaired) electrons. The first-order valence-corrected chi connectivity index (χ1v) is 13.0. The van der Waals surface area contributed by atoms with E-state index in [1.165, 1.54) is 0 Å². The Morgan fingerprint density at radius 3 is 2.61 bits per heavy atom. The fourth-order valence-electron chi connectivity index (χ4n) is 4.44. The first-order valence-electron chi connectivity index (χ1n) is 12.7. The lowest BCUT2D eigenvalue weighted by Crippen LogP contribution is -2.14. The number of carbonyl (C=O) groups excluding carboxylic acids is 2. The molecule has 8 heteroatoms. The van der Waals surface area contributed by atoms with Gasteiger partial charge in [-0.3, -0.25) is 9.59 Å². The third kappa shape index (κ3) is 6.75. The molecule has 0 saturated heterocycles. The molecule has 1 aliphatic heterocycles. The minimum atomic E-state index is -0.105. The van der Waals surface area contributed by atoms with E-state index in [2.05, 4.69) is 38.1 Å². The molecule has 0 spiro atoms. The number of amides is 1. The zero-order chi connectivity index (χ0) is 26.3. The lowest BCUT2D eigenvalue weighted by molar-refractivity contribution is -0.119. The lowest BCUT2D eigenvalue weighted by atomic mass is 10.0. The molecule has 0 saturated carbocycles. The molecule has 3 N–H and O–H groups in total. The molecule has 4 aromatic rings. The summed E-state index contributed by atoms with van der Waals surface area (Å²) >= 11 is 6.35. The molecular formula is C30H28ClN5O2. The molecule has 1 aliphatic rings. The molecule has 0 aliphatic carbocycles. The summed E-state index contributed by atoms with van der Waals surface area (Å²) in [5, 5.41) is 9.96. The number of nitrogens with zero attached hydrogens (tertiary/aromatic N) is 2. The molecule has 1 aromatic heterocycles. The minimum absolute atomic E-state index is 0.105. The van der Waals surface area contributed by atoms with E-state index in [1.54, 1.807) is 6.20 Å². The van der Waals surface area contributed by atoms with Gasteiger partial charge in [0.25, 0.3) is 0 Å². The second kappa shape index (κ2) is 11.9. The maximum absolute atomic E-state index is 12.8. The number of halogens is 1. The fourth-order valence-corrected chi connectivity index (χ4v) is 4.57. The van der Waals surface area contributed by atoms with Crippen molar-refractivity contribution in [3.8, 4) is 0 Å². The average molecular weight is 526 g/mol. The van der Waals surface area contributed by atoms with Crippen LogP contribution in [0.5, 0.6) is 0 Å². The molecule has 6 bridgehead atoms. The van der Waals surface area contributed by atoms with Crippen LogP contribution in [0.25, 0.3) is 0 Å². The summed E-state index contributed by atoms with van der Waals surface area (Å²) in [6, 6.07) is 23.5. The Morgan fingerprint density at radius 2 is 1.74 bits per heavy atom. The maximum atomic E-state index is 12.8. The van der Waals surface area contributed by atoms with Gasteiger partial charge in [-0.25, -0.2) is 4.98 Å². The quantitative estimate of drug-likeness (QED) is 0.250. The number of benzene rings is 3. The van der Waals surface area contributed by atoms with Crippen LogP contribution in [-0.2, 0) is 28.9 Å². The van der Waals surface area contributed by atoms with Crippen LogP contribution in [0, 0.1) is 0 Å². The van der Waals surface area contributed by atoms with Crippen LogP contribution in [0.2, 0.25) is 5.02 Å². The molecule has 0 atom stereocenters. The van der Waals surface area contributed by atoms with Crippen molar-refractivity contribution in [1.29, 1.82) is 0 Å². The largest absolute Gasteiger partial charge is 0.339 e. The number of hydrogen-bond acceptors (Lipinski definition) is 6. The molecule has 0 unspecified atom stereocenters. The molecule has 5 rings (SSSR count). The normalized spacial score (nSPS) is 12.1. The number of carbonyl (C=O) groups is 2. The number of anilines is 5. The van der Waals surface area contributed by atoms with Crippen molar-refractivity contribution in [2.45, 2.75) is 38.5 Å². The smallest absolute Gasteiger partial charge is 0.229 e. The van der Waals surface area contributed by atoms with Crippen LogP contribution in [-0.4, -0.2) is 21.7 Å². The van der Waals surface area contributed by atoms with E-state index < -0.39 is 0 Å². The van der Waals surface area contributed by atoms with E-state index in [-0.39, 0.29) is 18.1 Å². The second-order valence-corrected chi connectivity index (χ2v) is 9.72. The average Bonchev–Trinajstić information content (AvgIpc) is 2.91. The number of rotatable bonds is 7. The Balaban J connectivity index is 1.28. The van der Waals surface area contributed by atoms with E-state index in [4.69, 9.17) is 11.6 Å². The van der Waals surface area contributed by atoms with Gasteiger partial charge in [0.1, 0.15) is 10.8 Å². The van der Waals surface area contributed by atoms with Crippen molar-refractivity contribution >= 4 is 52.1 Å². The van der Waals surface area contributed by atoms with E-state index in [0.29, 0.717) is 36.1 Å². The van der Waals surface area contributed by atoms with Gasteiger partial charge in [0.05, 0.1) is 6.20 Å². The summed E-state index contributed by atoms with van der Waals surface area (Å²) in [5.41, 5.74) is 5.59. The number of aryl methyl sites for hydroxylation is 2. The highest BCUT2D eigenvalue weighted by Gasteiger charge is 2.13. The third-order valence-electron chi connectivity index (χ3n) is 6.36. The number of aromatic nitrogens is 2. The zero-order valence-corrected chi connectivity index (χ0v) is 21.6. The SMILES string of the molecule is O=C(CCCC(=O)Nc1ccc2cc1CCc1cccc(c1)Nc1ncc(Cl)c(n1)N2)Cc1ccccc1. The number of Topliss-reactive ketones (excluding diaryl/α,β-unsaturated/α-hetero) is 1.